The van der Waals surface area contributed by atoms with Crippen LogP contribution >= 0.6 is 0 Å². The van der Waals surface area contributed by atoms with Crippen LogP contribution in [0.4, 0.5) is 5.82 Å². The van der Waals surface area contributed by atoms with E-state index in [2.05, 4.69) is 28.9 Å². The van der Waals surface area contributed by atoms with Gasteiger partial charge in [0.25, 0.3) is 0 Å². The molecule has 1 heterocycles. The summed E-state index contributed by atoms with van der Waals surface area (Å²) in [7, 11) is 0. The van der Waals surface area contributed by atoms with Crippen LogP contribution < -0.4 is 10.6 Å². The molecule has 4 nitrogen and oxygen atoms in total. The molecule has 0 bridgehead atoms. The van der Waals surface area contributed by atoms with Gasteiger partial charge in [-0.3, -0.25) is 0 Å². The van der Waals surface area contributed by atoms with E-state index in [1.807, 2.05) is 6.92 Å². The van der Waals surface area contributed by atoms with Gasteiger partial charge in [-0.25, -0.2) is 0 Å². The van der Waals surface area contributed by atoms with Gasteiger partial charge in [0.05, 0.1) is 5.69 Å². The van der Waals surface area contributed by atoms with E-state index >= 15 is 0 Å². The fourth-order valence-corrected chi connectivity index (χ4v) is 3.09. The Hall–Kier alpha value is -1.16. The predicted octanol–water partition coefficient (Wildman–Crippen LogP) is 2.71. The number of nitrogens with zero attached hydrogens (tertiary/aromatic N) is 3. The Bertz CT molecular complexity index is 424. The average molecular weight is 262 g/mol. The van der Waals surface area contributed by atoms with Gasteiger partial charge < -0.3 is 10.6 Å². The van der Waals surface area contributed by atoms with Crippen molar-refractivity contribution in [1.82, 2.24) is 10.2 Å². The van der Waals surface area contributed by atoms with E-state index in [0.29, 0.717) is 12.6 Å². The zero-order valence-electron chi connectivity index (χ0n) is 12.4. The summed E-state index contributed by atoms with van der Waals surface area (Å²) in [6, 6.07) is 0.612. The van der Waals surface area contributed by atoms with Crippen LogP contribution in [0.3, 0.4) is 0 Å². The van der Waals surface area contributed by atoms with Gasteiger partial charge in [-0.05, 0) is 39.2 Å². The zero-order chi connectivity index (χ0) is 13.8. The van der Waals surface area contributed by atoms with Gasteiger partial charge in [-0.1, -0.05) is 19.3 Å². The molecule has 1 aliphatic carbocycles. The molecule has 0 aromatic carbocycles. The maximum absolute atomic E-state index is 5.95. The normalized spacial score (nSPS) is 16.6. The summed E-state index contributed by atoms with van der Waals surface area (Å²) in [6.45, 7) is 7.83. The average Bonchev–Trinajstić information content (AvgIpc) is 2.45. The summed E-state index contributed by atoms with van der Waals surface area (Å²) >= 11 is 0. The van der Waals surface area contributed by atoms with E-state index in [1.165, 1.54) is 43.2 Å². The Morgan fingerprint density at radius 2 is 1.84 bits per heavy atom. The van der Waals surface area contributed by atoms with E-state index in [-0.39, 0.29) is 0 Å². The van der Waals surface area contributed by atoms with Gasteiger partial charge in [0.15, 0.2) is 5.82 Å². The molecule has 0 amide bonds. The maximum atomic E-state index is 5.95. The maximum Gasteiger partial charge on any atom is 0.156 e. The number of hydrogen-bond acceptors (Lipinski definition) is 4. The third-order valence-corrected chi connectivity index (χ3v) is 4.39. The van der Waals surface area contributed by atoms with Crippen molar-refractivity contribution in [1.29, 1.82) is 0 Å². The molecule has 0 radical (unpaired) electrons. The van der Waals surface area contributed by atoms with Crippen LogP contribution in [-0.4, -0.2) is 22.8 Å². The van der Waals surface area contributed by atoms with Crippen LogP contribution in [0.25, 0.3) is 0 Å². The molecule has 1 saturated carbocycles. The molecular formula is C15H26N4. The molecule has 0 unspecified atom stereocenters. The minimum atomic E-state index is 0.542. The minimum Gasteiger partial charge on any atom is -0.352 e. The second kappa shape index (κ2) is 6.33. The van der Waals surface area contributed by atoms with Gasteiger partial charge in [0, 0.05) is 24.7 Å². The molecule has 2 rings (SSSR count). The molecule has 0 atom stereocenters. The van der Waals surface area contributed by atoms with Crippen molar-refractivity contribution in [2.75, 3.05) is 11.4 Å². The van der Waals surface area contributed by atoms with Crippen LogP contribution in [-0.2, 0) is 6.54 Å². The number of aromatic nitrogens is 2. The van der Waals surface area contributed by atoms with Gasteiger partial charge in [0.2, 0.25) is 0 Å². The molecule has 106 valence electrons. The van der Waals surface area contributed by atoms with Crippen molar-refractivity contribution in [3.05, 3.63) is 16.8 Å². The van der Waals surface area contributed by atoms with Gasteiger partial charge in [-0.2, -0.15) is 5.10 Å². The molecule has 1 aromatic rings. The van der Waals surface area contributed by atoms with Crippen molar-refractivity contribution < 1.29 is 0 Å². The topological polar surface area (TPSA) is 55.0 Å². The number of anilines is 1. The van der Waals surface area contributed by atoms with Gasteiger partial charge >= 0.3 is 0 Å². The Balaban J connectivity index is 2.34. The first-order valence-corrected chi connectivity index (χ1v) is 7.48. The molecule has 2 N–H and O–H groups in total. The van der Waals surface area contributed by atoms with Crippen LogP contribution in [0.1, 0.15) is 55.8 Å². The summed E-state index contributed by atoms with van der Waals surface area (Å²) in [4.78, 5) is 2.42. The fourth-order valence-electron chi connectivity index (χ4n) is 3.09. The number of nitrogens with two attached hydrogens (primary N) is 1. The van der Waals surface area contributed by atoms with Crippen molar-refractivity contribution in [2.24, 2.45) is 5.73 Å². The molecule has 0 saturated heterocycles. The van der Waals surface area contributed by atoms with E-state index < -0.39 is 0 Å². The van der Waals surface area contributed by atoms with Crippen LogP contribution in [0.15, 0.2) is 0 Å². The minimum absolute atomic E-state index is 0.542. The highest BCUT2D eigenvalue weighted by atomic mass is 15.3. The molecule has 0 spiro atoms. The molecule has 4 heteroatoms. The van der Waals surface area contributed by atoms with Crippen LogP contribution in [0.5, 0.6) is 0 Å². The SMILES string of the molecule is CCN(c1nnc(C)c(C)c1CN)C1CCCCC1. The first kappa shape index (κ1) is 14.3. The molecule has 1 aromatic heterocycles. The highest BCUT2D eigenvalue weighted by Gasteiger charge is 2.24. The third-order valence-electron chi connectivity index (χ3n) is 4.39. The standard InChI is InChI=1S/C15H26N4/c1-4-19(13-8-6-5-7-9-13)15-14(10-16)11(2)12(3)17-18-15/h13H,4-10,16H2,1-3H3. The lowest BCUT2D eigenvalue weighted by atomic mass is 9.93. The quantitative estimate of drug-likeness (QED) is 0.906. The molecule has 1 aliphatic rings. The summed E-state index contributed by atoms with van der Waals surface area (Å²) < 4.78 is 0. The smallest absolute Gasteiger partial charge is 0.156 e. The third kappa shape index (κ3) is 2.89. The van der Waals surface area contributed by atoms with Crippen molar-refractivity contribution in [2.45, 2.75) is 65.5 Å². The van der Waals surface area contributed by atoms with Crippen molar-refractivity contribution in [3.63, 3.8) is 0 Å². The Morgan fingerprint density at radius 3 is 2.42 bits per heavy atom. The Kier molecular flexibility index (Phi) is 4.75. The second-order valence-corrected chi connectivity index (χ2v) is 5.49. The molecular weight excluding hydrogens is 236 g/mol. The predicted molar refractivity (Wildman–Crippen MR) is 79.3 cm³/mol. The monoisotopic (exact) mass is 262 g/mol. The lowest BCUT2D eigenvalue weighted by Gasteiger charge is -2.35. The van der Waals surface area contributed by atoms with Crippen LogP contribution in [0, 0.1) is 13.8 Å². The summed E-state index contributed by atoms with van der Waals surface area (Å²) in [5, 5.41) is 8.76. The Morgan fingerprint density at radius 1 is 1.16 bits per heavy atom. The van der Waals surface area contributed by atoms with Crippen LogP contribution in [0.2, 0.25) is 0 Å². The fraction of sp³-hybridized carbons (Fsp3) is 0.733. The number of aryl methyl sites for hydroxylation is 1. The highest BCUT2D eigenvalue weighted by Crippen LogP contribution is 2.29. The lowest BCUT2D eigenvalue weighted by Crippen LogP contribution is -2.38. The highest BCUT2D eigenvalue weighted by molar-refractivity contribution is 5.51. The lowest BCUT2D eigenvalue weighted by molar-refractivity contribution is 0.415. The summed E-state index contributed by atoms with van der Waals surface area (Å²) in [5.41, 5.74) is 9.30. The molecule has 19 heavy (non-hydrogen) atoms. The van der Waals surface area contributed by atoms with E-state index in [0.717, 1.165) is 18.1 Å². The number of hydrogen-bond donors (Lipinski definition) is 1. The second-order valence-electron chi connectivity index (χ2n) is 5.49. The van der Waals surface area contributed by atoms with E-state index in [1.54, 1.807) is 0 Å². The zero-order valence-corrected chi connectivity index (χ0v) is 12.4. The van der Waals surface area contributed by atoms with E-state index in [9.17, 15) is 0 Å². The van der Waals surface area contributed by atoms with Gasteiger partial charge in [0.1, 0.15) is 0 Å². The summed E-state index contributed by atoms with van der Waals surface area (Å²) in [5.74, 6) is 1.01. The molecule has 0 aliphatic heterocycles. The molecule has 1 fully saturated rings. The first-order chi connectivity index (χ1) is 9.19. The van der Waals surface area contributed by atoms with E-state index in [4.69, 9.17) is 5.73 Å². The van der Waals surface area contributed by atoms with Gasteiger partial charge in [-0.15, -0.1) is 5.10 Å². The van der Waals surface area contributed by atoms with Crippen molar-refractivity contribution >= 4 is 5.82 Å². The number of rotatable bonds is 4. The Labute approximate surface area is 116 Å². The largest absolute Gasteiger partial charge is 0.352 e. The first-order valence-electron chi connectivity index (χ1n) is 7.48. The summed E-state index contributed by atoms with van der Waals surface area (Å²) in [6.07, 6.45) is 6.57. The van der Waals surface area contributed by atoms with Crippen molar-refractivity contribution in [3.8, 4) is 0 Å².